The van der Waals surface area contributed by atoms with Crippen LogP contribution in [0.4, 0.5) is 8.78 Å². The Morgan fingerprint density at radius 1 is 0.956 bits per heavy atom. The zero-order chi connectivity index (χ0) is 32.9. The van der Waals surface area contributed by atoms with Crippen LogP contribution in [-0.4, -0.2) is 49.3 Å². The van der Waals surface area contributed by atoms with Crippen LogP contribution in [0, 0.1) is 18.6 Å². The zero-order valence-electron chi connectivity index (χ0n) is 26.5. The summed E-state index contributed by atoms with van der Waals surface area (Å²) in [5.41, 5.74) is 2.63. The molecular formula is C35H38F2N2O6. The molecule has 1 amide bonds. The molecule has 0 saturated carbocycles. The van der Waals surface area contributed by atoms with Crippen molar-refractivity contribution in [3.8, 4) is 22.6 Å². The monoisotopic (exact) mass is 620 g/mol. The van der Waals surface area contributed by atoms with Crippen LogP contribution < -0.4 is 14.8 Å². The van der Waals surface area contributed by atoms with E-state index in [2.05, 4.69) is 5.32 Å². The first-order chi connectivity index (χ1) is 21.4. The number of carbonyl (C=O) groups is 2. The number of amides is 1. The van der Waals surface area contributed by atoms with Crippen molar-refractivity contribution in [3.05, 3.63) is 88.6 Å². The van der Waals surface area contributed by atoms with Gasteiger partial charge in [0.05, 0.1) is 31.9 Å². The number of carbonyl (C=O) groups excluding carboxylic acids is 2. The lowest BCUT2D eigenvalue weighted by Crippen LogP contribution is -2.46. The number of aromatic nitrogens is 1. The topological polar surface area (TPSA) is 96.0 Å². The molecule has 1 atom stereocenters. The lowest BCUT2D eigenvalue weighted by atomic mass is 9.93. The summed E-state index contributed by atoms with van der Waals surface area (Å²) in [5, 5.41) is 3.20. The largest absolute Gasteiger partial charge is 0.496 e. The van der Waals surface area contributed by atoms with Gasteiger partial charge in [-0.05, 0) is 76.1 Å². The minimum Gasteiger partial charge on any atom is -0.496 e. The molecule has 0 aliphatic heterocycles. The van der Waals surface area contributed by atoms with Gasteiger partial charge in [-0.1, -0.05) is 24.3 Å². The number of pyridine rings is 1. The van der Waals surface area contributed by atoms with Gasteiger partial charge in [-0.3, -0.25) is 9.78 Å². The minimum atomic E-state index is -1.27. The minimum absolute atomic E-state index is 0.0419. The van der Waals surface area contributed by atoms with E-state index in [-0.39, 0.29) is 6.42 Å². The molecule has 0 radical (unpaired) electrons. The van der Waals surface area contributed by atoms with Gasteiger partial charge in [0.1, 0.15) is 40.3 Å². The first-order valence-electron chi connectivity index (χ1n) is 14.6. The summed E-state index contributed by atoms with van der Waals surface area (Å²) in [4.78, 5) is 31.3. The van der Waals surface area contributed by atoms with E-state index < -0.39 is 40.7 Å². The summed E-state index contributed by atoms with van der Waals surface area (Å²) in [6.07, 6.45) is -0.0419. The molecule has 4 rings (SSSR count). The van der Waals surface area contributed by atoms with Gasteiger partial charge in [-0.2, -0.15) is 0 Å². The van der Waals surface area contributed by atoms with Crippen molar-refractivity contribution in [1.82, 2.24) is 10.3 Å². The number of hydrogen-bond acceptors (Lipinski definition) is 7. The van der Waals surface area contributed by atoms with Gasteiger partial charge in [0, 0.05) is 29.7 Å². The molecule has 10 heteroatoms. The predicted molar refractivity (Wildman–Crippen MR) is 168 cm³/mol. The molecule has 0 bridgehead atoms. The number of hydrogen-bond donors (Lipinski definition) is 1. The molecule has 0 aliphatic rings. The maximum absolute atomic E-state index is 14.5. The summed E-state index contributed by atoms with van der Waals surface area (Å²) in [7, 11) is 3.15. The molecule has 1 aromatic heterocycles. The maximum Gasteiger partial charge on any atom is 0.329 e. The fourth-order valence-corrected chi connectivity index (χ4v) is 5.02. The molecule has 1 heterocycles. The predicted octanol–water partition coefficient (Wildman–Crippen LogP) is 6.72. The number of aryl methyl sites for hydroxylation is 1. The van der Waals surface area contributed by atoms with Gasteiger partial charge in [-0.25, -0.2) is 13.6 Å². The molecule has 0 fully saturated rings. The van der Waals surface area contributed by atoms with Crippen molar-refractivity contribution in [3.63, 3.8) is 0 Å². The summed E-state index contributed by atoms with van der Waals surface area (Å²) in [6, 6.07) is 13.0. The number of nitrogens with zero attached hydrogens (tertiary/aromatic N) is 1. The Hall–Kier alpha value is -4.57. The highest BCUT2D eigenvalue weighted by molar-refractivity contribution is 6.00. The van der Waals surface area contributed by atoms with Crippen LogP contribution in [-0.2, 0) is 27.3 Å². The molecule has 0 unspecified atom stereocenters. The van der Waals surface area contributed by atoms with Crippen molar-refractivity contribution in [2.45, 2.75) is 59.3 Å². The van der Waals surface area contributed by atoms with Gasteiger partial charge in [0.2, 0.25) is 0 Å². The molecule has 4 aromatic rings. The van der Waals surface area contributed by atoms with E-state index in [1.807, 2.05) is 50.2 Å². The summed E-state index contributed by atoms with van der Waals surface area (Å²) in [6.45, 7) is 9.80. The SMILES string of the molecule is CCOCc1cc(OC)c(-c2ccc(C[C@H](NC(=O)c3c(F)cccc3F)C(=O)OC(C)(C)C)c3ccc(C)nc23)c(OC)c1. The Labute approximate surface area is 261 Å². The number of fused-ring (bicyclic) bond motifs is 1. The molecule has 0 spiro atoms. The van der Waals surface area contributed by atoms with E-state index in [4.69, 9.17) is 23.9 Å². The smallest absolute Gasteiger partial charge is 0.329 e. The van der Waals surface area contributed by atoms with Crippen molar-refractivity contribution < 1.29 is 37.3 Å². The fraction of sp³-hybridized carbons (Fsp3) is 0.343. The third kappa shape index (κ3) is 7.75. The van der Waals surface area contributed by atoms with Gasteiger partial charge in [0.25, 0.3) is 5.91 Å². The highest BCUT2D eigenvalue weighted by Crippen LogP contribution is 2.43. The summed E-state index contributed by atoms with van der Waals surface area (Å²) >= 11 is 0. The van der Waals surface area contributed by atoms with Crippen molar-refractivity contribution in [1.29, 1.82) is 0 Å². The van der Waals surface area contributed by atoms with Crippen molar-refractivity contribution in [2.24, 2.45) is 0 Å². The standard InChI is InChI=1S/C35H38F2N2O6/c1-8-44-19-21-16-28(42-6)30(29(17-21)43-7)24-15-13-22(23-14-12-20(2)38-32(23)24)18-27(34(41)45-35(3,4)5)39-33(40)31-25(36)10-9-11-26(31)37/h9-17,27H,8,18-19H2,1-7H3,(H,39,40)/t27-/m0/s1. The van der Waals surface area contributed by atoms with Gasteiger partial charge < -0.3 is 24.3 Å². The molecule has 238 valence electrons. The molecule has 1 N–H and O–H groups in total. The van der Waals surface area contributed by atoms with Gasteiger partial charge in [-0.15, -0.1) is 0 Å². The first-order valence-corrected chi connectivity index (χ1v) is 14.6. The van der Waals surface area contributed by atoms with E-state index in [0.717, 1.165) is 35.0 Å². The second-order valence-electron chi connectivity index (χ2n) is 11.5. The third-order valence-corrected chi connectivity index (χ3v) is 7.01. The Kier molecular flexibility index (Phi) is 10.4. The van der Waals surface area contributed by atoms with E-state index in [1.165, 1.54) is 0 Å². The number of methoxy groups -OCH3 is 2. The maximum atomic E-state index is 14.5. The van der Waals surface area contributed by atoms with E-state index >= 15 is 0 Å². The summed E-state index contributed by atoms with van der Waals surface area (Å²) in [5.74, 6) is -2.78. The second-order valence-corrected chi connectivity index (χ2v) is 11.5. The number of halogens is 2. The van der Waals surface area contributed by atoms with Crippen LogP contribution in [0.15, 0.2) is 54.6 Å². The molecule has 0 saturated heterocycles. The van der Waals surface area contributed by atoms with Crippen LogP contribution in [0.5, 0.6) is 11.5 Å². The first kappa shape index (κ1) is 33.3. The van der Waals surface area contributed by atoms with E-state index in [0.29, 0.717) is 46.7 Å². The molecular weight excluding hydrogens is 582 g/mol. The lowest BCUT2D eigenvalue weighted by Gasteiger charge is -2.25. The number of ether oxygens (including phenoxy) is 4. The Morgan fingerprint density at radius 3 is 2.18 bits per heavy atom. The fourth-order valence-electron chi connectivity index (χ4n) is 5.02. The molecule has 45 heavy (non-hydrogen) atoms. The van der Waals surface area contributed by atoms with Crippen molar-refractivity contribution in [2.75, 3.05) is 20.8 Å². The number of rotatable bonds is 11. The normalized spacial score (nSPS) is 12.1. The second kappa shape index (κ2) is 14.0. The molecule has 8 nitrogen and oxygen atoms in total. The highest BCUT2D eigenvalue weighted by atomic mass is 19.1. The van der Waals surface area contributed by atoms with Crippen LogP contribution in [0.3, 0.4) is 0 Å². The van der Waals surface area contributed by atoms with Gasteiger partial charge in [0.15, 0.2) is 0 Å². The highest BCUT2D eigenvalue weighted by Gasteiger charge is 2.30. The molecule has 0 aliphatic carbocycles. The van der Waals surface area contributed by atoms with Crippen LogP contribution in [0.25, 0.3) is 22.0 Å². The Balaban J connectivity index is 1.82. The van der Waals surface area contributed by atoms with Crippen LogP contribution in [0.2, 0.25) is 0 Å². The number of nitrogens with one attached hydrogen (secondary N) is 1. The van der Waals surface area contributed by atoms with E-state index in [9.17, 15) is 18.4 Å². The zero-order valence-corrected chi connectivity index (χ0v) is 26.5. The quantitative estimate of drug-likeness (QED) is 0.186. The Morgan fingerprint density at radius 2 is 1.60 bits per heavy atom. The van der Waals surface area contributed by atoms with Crippen LogP contribution in [0.1, 0.15) is 54.9 Å². The summed E-state index contributed by atoms with van der Waals surface area (Å²) < 4.78 is 51.7. The van der Waals surface area contributed by atoms with Crippen LogP contribution >= 0.6 is 0 Å². The lowest BCUT2D eigenvalue weighted by molar-refractivity contribution is -0.157. The average Bonchev–Trinajstić information content (AvgIpc) is 2.98. The number of esters is 1. The molecule has 3 aromatic carbocycles. The van der Waals surface area contributed by atoms with E-state index in [1.54, 1.807) is 35.0 Å². The number of benzene rings is 3. The third-order valence-electron chi connectivity index (χ3n) is 7.01. The Bertz CT molecular complexity index is 1670. The van der Waals surface area contributed by atoms with Crippen molar-refractivity contribution >= 4 is 22.8 Å². The van der Waals surface area contributed by atoms with Gasteiger partial charge >= 0.3 is 5.97 Å². The average molecular weight is 621 g/mol.